The number of benzene rings is 1. The van der Waals surface area contributed by atoms with Gasteiger partial charge in [0.2, 0.25) is 0 Å². The average Bonchev–Trinajstić information content (AvgIpc) is 2.79. The molecule has 0 spiro atoms. The molecule has 0 aliphatic rings. The zero-order valence-corrected chi connectivity index (χ0v) is 11.8. The number of thiazole rings is 1. The molecule has 1 heterocycles. The minimum Gasteiger partial charge on any atom is -0.343 e. The van der Waals surface area contributed by atoms with E-state index in [0.717, 1.165) is 16.3 Å². The lowest BCUT2D eigenvalue weighted by atomic mass is 10.1. The summed E-state index contributed by atoms with van der Waals surface area (Å²) in [7, 11) is 0. The van der Waals surface area contributed by atoms with Crippen LogP contribution in [0, 0.1) is 19.7 Å². The Hall–Kier alpha value is -1.75. The molecular formula is C14H15FN2OS. The fourth-order valence-corrected chi connectivity index (χ4v) is 2.52. The number of rotatable bonds is 3. The maximum Gasteiger partial charge on any atom is 0.254 e. The topological polar surface area (TPSA) is 42.0 Å². The number of nitrogens with zero attached hydrogens (tertiary/aromatic N) is 1. The molecule has 2 rings (SSSR count). The molecule has 3 nitrogen and oxygen atoms in total. The van der Waals surface area contributed by atoms with Crippen molar-refractivity contribution in [1.29, 1.82) is 0 Å². The average molecular weight is 278 g/mol. The van der Waals surface area contributed by atoms with E-state index in [9.17, 15) is 9.18 Å². The standard InChI is InChI=1S/C14H15FN2OS/c1-8-4-5-12(15)11(6-8)13(18)17-10(3)14-16-9(2)7-19-14/h4-7,10H,1-3H3,(H,17,18). The monoisotopic (exact) mass is 278 g/mol. The van der Waals surface area contributed by atoms with Gasteiger partial charge in [0.15, 0.2) is 0 Å². The fourth-order valence-electron chi connectivity index (χ4n) is 1.72. The molecule has 0 aliphatic carbocycles. The normalized spacial score (nSPS) is 12.2. The first-order chi connectivity index (χ1) is 8.97. The van der Waals surface area contributed by atoms with E-state index >= 15 is 0 Å². The maximum absolute atomic E-state index is 13.6. The summed E-state index contributed by atoms with van der Waals surface area (Å²) in [5.74, 6) is -0.924. The molecule has 0 bridgehead atoms. The van der Waals surface area contributed by atoms with Crippen molar-refractivity contribution >= 4 is 17.2 Å². The number of hydrogen-bond donors (Lipinski definition) is 1. The second-order valence-electron chi connectivity index (χ2n) is 4.51. The highest BCUT2D eigenvalue weighted by Crippen LogP contribution is 2.18. The summed E-state index contributed by atoms with van der Waals surface area (Å²) < 4.78 is 13.6. The molecule has 2 aromatic rings. The predicted molar refractivity (Wildman–Crippen MR) is 73.9 cm³/mol. The van der Waals surface area contributed by atoms with Crippen LogP contribution in [-0.4, -0.2) is 10.9 Å². The zero-order chi connectivity index (χ0) is 14.0. The van der Waals surface area contributed by atoms with Gasteiger partial charge in [-0.1, -0.05) is 11.6 Å². The SMILES string of the molecule is Cc1ccc(F)c(C(=O)NC(C)c2nc(C)cs2)c1. The highest BCUT2D eigenvalue weighted by Gasteiger charge is 2.16. The van der Waals surface area contributed by atoms with Crippen LogP contribution in [0.5, 0.6) is 0 Å². The number of carbonyl (C=O) groups is 1. The number of aromatic nitrogens is 1. The van der Waals surface area contributed by atoms with Crippen molar-refractivity contribution in [3.8, 4) is 0 Å². The van der Waals surface area contributed by atoms with Crippen molar-refractivity contribution in [2.75, 3.05) is 0 Å². The summed E-state index contributed by atoms with van der Waals surface area (Å²) in [4.78, 5) is 16.3. The number of aryl methyl sites for hydroxylation is 2. The van der Waals surface area contributed by atoms with Crippen molar-refractivity contribution in [3.63, 3.8) is 0 Å². The summed E-state index contributed by atoms with van der Waals surface area (Å²) in [6, 6.07) is 4.26. The Morgan fingerprint density at radius 1 is 1.42 bits per heavy atom. The minimum absolute atomic E-state index is 0.0696. The van der Waals surface area contributed by atoms with E-state index in [0.29, 0.717) is 0 Å². The molecule has 5 heteroatoms. The third kappa shape index (κ3) is 3.17. The number of hydrogen-bond acceptors (Lipinski definition) is 3. The van der Waals surface area contributed by atoms with Crippen molar-refractivity contribution in [2.45, 2.75) is 26.8 Å². The van der Waals surface area contributed by atoms with Gasteiger partial charge in [0, 0.05) is 11.1 Å². The van der Waals surface area contributed by atoms with Crippen LogP contribution in [0.4, 0.5) is 4.39 Å². The first-order valence-electron chi connectivity index (χ1n) is 5.96. The third-order valence-corrected chi connectivity index (χ3v) is 3.87. The Morgan fingerprint density at radius 3 is 2.79 bits per heavy atom. The zero-order valence-electron chi connectivity index (χ0n) is 11.0. The summed E-state index contributed by atoms with van der Waals surface area (Å²) in [5.41, 5.74) is 1.84. The largest absolute Gasteiger partial charge is 0.343 e. The van der Waals surface area contributed by atoms with Gasteiger partial charge in [-0.25, -0.2) is 9.37 Å². The van der Waals surface area contributed by atoms with Crippen LogP contribution >= 0.6 is 11.3 Å². The van der Waals surface area contributed by atoms with Gasteiger partial charge in [0.05, 0.1) is 11.6 Å². The molecule has 1 N–H and O–H groups in total. The number of halogens is 1. The van der Waals surface area contributed by atoms with Crippen LogP contribution < -0.4 is 5.32 Å². The van der Waals surface area contributed by atoms with Gasteiger partial charge >= 0.3 is 0 Å². The summed E-state index contributed by atoms with van der Waals surface area (Å²) in [6.45, 7) is 5.56. The van der Waals surface area contributed by atoms with Gasteiger partial charge in [-0.15, -0.1) is 11.3 Å². The molecule has 1 aromatic heterocycles. The van der Waals surface area contributed by atoms with E-state index in [4.69, 9.17) is 0 Å². The Bertz CT molecular complexity index is 609. The quantitative estimate of drug-likeness (QED) is 0.935. The minimum atomic E-state index is -0.509. The van der Waals surface area contributed by atoms with E-state index in [2.05, 4.69) is 10.3 Å². The van der Waals surface area contributed by atoms with E-state index in [1.54, 1.807) is 12.1 Å². The Kier molecular flexibility index (Phi) is 3.95. The smallest absolute Gasteiger partial charge is 0.254 e. The van der Waals surface area contributed by atoms with Gasteiger partial charge < -0.3 is 5.32 Å². The highest BCUT2D eigenvalue weighted by molar-refractivity contribution is 7.09. The summed E-state index contributed by atoms with van der Waals surface area (Å²) in [5, 5.41) is 5.50. The van der Waals surface area contributed by atoms with Crippen LogP contribution in [0.3, 0.4) is 0 Å². The molecule has 1 amide bonds. The predicted octanol–water partition coefficient (Wildman–Crippen LogP) is 3.39. The lowest BCUT2D eigenvalue weighted by molar-refractivity contribution is 0.0935. The van der Waals surface area contributed by atoms with E-state index in [-0.39, 0.29) is 11.6 Å². The molecule has 100 valence electrons. The molecule has 0 saturated heterocycles. The van der Waals surface area contributed by atoms with Crippen LogP contribution in [0.1, 0.15) is 39.6 Å². The molecule has 1 unspecified atom stereocenters. The lowest BCUT2D eigenvalue weighted by Crippen LogP contribution is -2.27. The lowest BCUT2D eigenvalue weighted by Gasteiger charge is -2.12. The molecule has 19 heavy (non-hydrogen) atoms. The first kappa shape index (κ1) is 13.7. The van der Waals surface area contributed by atoms with Crippen LogP contribution in [0.25, 0.3) is 0 Å². The van der Waals surface area contributed by atoms with Crippen LogP contribution in [0.15, 0.2) is 23.6 Å². The van der Waals surface area contributed by atoms with Crippen LogP contribution in [-0.2, 0) is 0 Å². The van der Waals surface area contributed by atoms with Gasteiger partial charge in [0.25, 0.3) is 5.91 Å². The van der Waals surface area contributed by atoms with Gasteiger partial charge in [-0.05, 0) is 32.9 Å². The van der Waals surface area contributed by atoms with Crippen LogP contribution in [0.2, 0.25) is 0 Å². The Morgan fingerprint density at radius 2 is 2.16 bits per heavy atom. The second kappa shape index (κ2) is 5.48. The molecular weight excluding hydrogens is 263 g/mol. The van der Waals surface area contributed by atoms with Crippen molar-refractivity contribution in [3.05, 3.63) is 51.2 Å². The van der Waals surface area contributed by atoms with E-state index in [1.165, 1.54) is 17.4 Å². The fraction of sp³-hybridized carbons (Fsp3) is 0.286. The van der Waals surface area contributed by atoms with Gasteiger partial charge in [0.1, 0.15) is 10.8 Å². The van der Waals surface area contributed by atoms with Crippen molar-refractivity contribution in [2.24, 2.45) is 0 Å². The second-order valence-corrected chi connectivity index (χ2v) is 5.40. The summed E-state index contributed by atoms with van der Waals surface area (Å²) in [6.07, 6.45) is 0. The number of amides is 1. The van der Waals surface area contributed by atoms with Crippen molar-refractivity contribution < 1.29 is 9.18 Å². The summed E-state index contributed by atoms with van der Waals surface area (Å²) >= 11 is 1.48. The molecule has 0 fully saturated rings. The molecule has 0 saturated carbocycles. The first-order valence-corrected chi connectivity index (χ1v) is 6.84. The molecule has 1 aromatic carbocycles. The Balaban J connectivity index is 2.15. The van der Waals surface area contributed by atoms with E-state index in [1.807, 2.05) is 26.2 Å². The number of nitrogens with one attached hydrogen (secondary N) is 1. The third-order valence-electron chi connectivity index (χ3n) is 2.72. The van der Waals surface area contributed by atoms with Crippen molar-refractivity contribution in [1.82, 2.24) is 10.3 Å². The Labute approximate surface area is 115 Å². The molecule has 0 radical (unpaired) electrons. The molecule has 0 aliphatic heterocycles. The number of carbonyl (C=O) groups excluding carboxylic acids is 1. The van der Waals surface area contributed by atoms with E-state index < -0.39 is 11.7 Å². The highest BCUT2D eigenvalue weighted by atomic mass is 32.1. The molecule has 1 atom stereocenters. The van der Waals surface area contributed by atoms with Gasteiger partial charge in [-0.2, -0.15) is 0 Å². The van der Waals surface area contributed by atoms with Gasteiger partial charge in [-0.3, -0.25) is 4.79 Å². The maximum atomic E-state index is 13.6.